The number of rotatable bonds is 4. The molecule has 0 bridgehead atoms. The number of nitrogens with zero attached hydrogens (tertiary/aromatic N) is 2. The Hall–Kier alpha value is -1.22. The summed E-state index contributed by atoms with van der Waals surface area (Å²) in [5, 5.41) is 30.5. The van der Waals surface area contributed by atoms with Crippen molar-refractivity contribution in [2.75, 3.05) is 24.6 Å². The second kappa shape index (κ2) is 6.04. The zero-order chi connectivity index (χ0) is 14.9. The van der Waals surface area contributed by atoms with E-state index < -0.39 is 11.0 Å². The molecule has 0 amide bonds. The van der Waals surface area contributed by atoms with Gasteiger partial charge >= 0.3 is 5.69 Å². The number of aliphatic hydroxyl groups is 2. The fraction of sp³-hybridized carbons (Fsp3) is 0.667. The van der Waals surface area contributed by atoms with Crippen LogP contribution in [0.4, 0.5) is 10.7 Å². The van der Waals surface area contributed by atoms with E-state index in [4.69, 9.17) is 4.74 Å². The second-order valence-electron chi connectivity index (χ2n) is 4.93. The van der Waals surface area contributed by atoms with Gasteiger partial charge in [0.1, 0.15) is 0 Å². The van der Waals surface area contributed by atoms with Crippen molar-refractivity contribution in [1.82, 2.24) is 0 Å². The van der Waals surface area contributed by atoms with E-state index in [2.05, 4.69) is 0 Å². The summed E-state index contributed by atoms with van der Waals surface area (Å²) in [4.78, 5) is 13.1. The van der Waals surface area contributed by atoms with Gasteiger partial charge in [-0.3, -0.25) is 10.1 Å². The van der Waals surface area contributed by atoms with Gasteiger partial charge in [-0.15, -0.1) is 11.3 Å². The molecule has 0 radical (unpaired) electrons. The van der Waals surface area contributed by atoms with E-state index in [1.807, 2.05) is 11.8 Å². The molecule has 7 nitrogen and oxygen atoms in total. The van der Waals surface area contributed by atoms with E-state index in [9.17, 15) is 20.3 Å². The fourth-order valence-corrected chi connectivity index (χ4v) is 3.35. The lowest BCUT2D eigenvalue weighted by Gasteiger charge is -2.36. The summed E-state index contributed by atoms with van der Waals surface area (Å²) in [5.41, 5.74) is -0.00307. The van der Waals surface area contributed by atoms with Gasteiger partial charge in [0.25, 0.3) is 0 Å². The van der Waals surface area contributed by atoms with E-state index in [-0.39, 0.29) is 24.5 Å². The molecule has 2 rings (SSSR count). The van der Waals surface area contributed by atoms with Crippen molar-refractivity contribution < 1.29 is 19.9 Å². The first kappa shape index (κ1) is 15.2. The highest BCUT2D eigenvalue weighted by Crippen LogP contribution is 2.41. The molecular weight excluding hydrogens is 284 g/mol. The molecule has 0 aromatic carbocycles. The molecule has 2 N–H and O–H groups in total. The second-order valence-corrected chi connectivity index (χ2v) is 5.99. The van der Waals surface area contributed by atoms with Crippen molar-refractivity contribution in [2.45, 2.75) is 32.2 Å². The SMILES string of the molecule is CC1CN(c2sc([C@H](C)O)cc2[N+](=O)[O-])CC(CO)O1. The van der Waals surface area contributed by atoms with Crippen LogP contribution in [-0.4, -0.2) is 47.0 Å². The maximum atomic E-state index is 11.2. The lowest BCUT2D eigenvalue weighted by atomic mass is 10.2. The summed E-state index contributed by atoms with van der Waals surface area (Å²) < 4.78 is 5.54. The number of aliphatic hydroxyl groups excluding tert-OH is 2. The molecule has 0 spiro atoms. The van der Waals surface area contributed by atoms with Gasteiger partial charge in [0, 0.05) is 24.0 Å². The van der Waals surface area contributed by atoms with Crippen molar-refractivity contribution in [3.8, 4) is 0 Å². The number of ether oxygens (including phenoxy) is 1. The summed E-state index contributed by atoms with van der Waals surface area (Å²) in [6, 6.07) is 1.42. The minimum absolute atomic E-state index is 0.00307. The monoisotopic (exact) mass is 302 g/mol. The first-order valence-corrected chi connectivity index (χ1v) is 7.21. The number of hydrogen-bond acceptors (Lipinski definition) is 7. The number of anilines is 1. The molecule has 0 aliphatic carbocycles. The molecule has 2 heterocycles. The van der Waals surface area contributed by atoms with Gasteiger partial charge in [0.2, 0.25) is 0 Å². The van der Waals surface area contributed by atoms with Crippen molar-refractivity contribution >= 4 is 22.0 Å². The zero-order valence-corrected chi connectivity index (χ0v) is 12.2. The maximum absolute atomic E-state index is 11.2. The molecular formula is C12H18N2O5S. The predicted octanol–water partition coefficient (Wildman–Crippen LogP) is 1.30. The zero-order valence-electron chi connectivity index (χ0n) is 11.4. The van der Waals surface area contributed by atoms with Gasteiger partial charge in [-0.2, -0.15) is 0 Å². The van der Waals surface area contributed by atoms with Gasteiger partial charge in [0.15, 0.2) is 5.00 Å². The van der Waals surface area contributed by atoms with E-state index in [0.29, 0.717) is 23.0 Å². The normalized spacial score (nSPS) is 24.7. The molecule has 20 heavy (non-hydrogen) atoms. The van der Waals surface area contributed by atoms with E-state index in [0.717, 1.165) is 0 Å². The Bertz CT molecular complexity index is 490. The van der Waals surface area contributed by atoms with E-state index in [1.165, 1.54) is 17.4 Å². The van der Waals surface area contributed by atoms with Crippen LogP contribution in [0.3, 0.4) is 0 Å². The number of nitro groups is 1. The Labute approximate surface area is 120 Å². The third-order valence-corrected chi connectivity index (χ3v) is 4.49. The van der Waals surface area contributed by atoms with Crippen molar-refractivity contribution in [3.05, 3.63) is 21.1 Å². The average Bonchev–Trinajstić information content (AvgIpc) is 2.83. The quantitative estimate of drug-likeness (QED) is 0.643. The van der Waals surface area contributed by atoms with Gasteiger partial charge < -0.3 is 19.8 Å². The Kier molecular flexibility index (Phi) is 4.59. The van der Waals surface area contributed by atoms with Crippen LogP contribution in [0.15, 0.2) is 6.07 Å². The maximum Gasteiger partial charge on any atom is 0.304 e. The van der Waals surface area contributed by atoms with Gasteiger partial charge in [-0.1, -0.05) is 0 Å². The third kappa shape index (κ3) is 3.09. The Balaban J connectivity index is 2.32. The molecule has 8 heteroatoms. The third-order valence-electron chi connectivity index (χ3n) is 3.14. The topological polar surface area (TPSA) is 96.1 Å². The fourth-order valence-electron chi connectivity index (χ4n) is 2.26. The van der Waals surface area contributed by atoms with Gasteiger partial charge in [0.05, 0.1) is 29.8 Å². The largest absolute Gasteiger partial charge is 0.394 e. The molecule has 0 saturated carbocycles. The minimum atomic E-state index is -0.737. The van der Waals surface area contributed by atoms with Crippen LogP contribution >= 0.6 is 11.3 Å². The lowest BCUT2D eigenvalue weighted by molar-refractivity contribution is -0.383. The molecule has 3 atom stereocenters. The van der Waals surface area contributed by atoms with Gasteiger partial charge in [-0.05, 0) is 13.8 Å². The molecule has 1 aromatic heterocycles. The molecule has 1 aliphatic rings. The first-order chi connectivity index (χ1) is 9.42. The summed E-state index contributed by atoms with van der Waals surface area (Å²) in [5.74, 6) is 0. The minimum Gasteiger partial charge on any atom is -0.394 e. The number of thiophene rings is 1. The molecule has 2 unspecified atom stereocenters. The molecule has 1 aromatic rings. The van der Waals surface area contributed by atoms with Crippen molar-refractivity contribution in [3.63, 3.8) is 0 Å². The lowest BCUT2D eigenvalue weighted by Crippen LogP contribution is -2.47. The van der Waals surface area contributed by atoms with Gasteiger partial charge in [-0.25, -0.2) is 0 Å². The summed E-state index contributed by atoms with van der Waals surface area (Å²) in [6.07, 6.45) is -1.20. The Morgan fingerprint density at radius 2 is 2.35 bits per heavy atom. The van der Waals surface area contributed by atoms with Crippen LogP contribution in [-0.2, 0) is 4.74 Å². The first-order valence-electron chi connectivity index (χ1n) is 6.39. The van der Waals surface area contributed by atoms with Crippen molar-refractivity contribution in [1.29, 1.82) is 0 Å². The van der Waals surface area contributed by atoms with Crippen LogP contribution in [0.2, 0.25) is 0 Å². The standard InChI is InChI=1S/C12H18N2O5S/c1-7-4-13(5-9(6-15)19-7)12-10(14(17)18)3-11(20-12)8(2)16/h3,7-9,15-16H,4-6H2,1-2H3/t7?,8-,9?/m0/s1. The number of hydrogen-bond donors (Lipinski definition) is 2. The van der Waals surface area contributed by atoms with Crippen molar-refractivity contribution in [2.24, 2.45) is 0 Å². The highest BCUT2D eigenvalue weighted by molar-refractivity contribution is 7.16. The number of morpholine rings is 1. The highest BCUT2D eigenvalue weighted by Gasteiger charge is 2.31. The van der Waals surface area contributed by atoms with Crippen LogP contribution in [0.1, 0.15) is 24.8 Å². The smallest absolute Gasteiger partial charge is 0.304 e. The molecule has 1 fully saturated rings. The van der Waals surface area contributed by atoms with E-state index >= 15 is 0 Å². The Morgan fingerprint density at radius 3 is 2.90 bits per heavy atom. The highest BCUT2D eigenvalue weighted by atomic mass is 32.1. The average molecular weight is 302 g/mol. The summed E-state index contributed by atoms with van der Waals surface area (Å²) in [6.45, 7) is 4.25. The molecule has 1 aliphatic heterocycles. The van der Waals surface area contributed by atoms with Crippen LogP contribution in [0.5, 0.6) is 0 Å². The van der Waals surface area contributed by atoms with Crippen LogP contribution in [0, 0.1) is 10.1 Å². The Morgan fingerprint density at radius 1 is 1.65 bits per heavy atom. The van der Waals surface area contributed by atoms with Crippen LogP contribution in [0.25, 0.3) is 0 Å². The molecule has 112 valence electrons. The summed E-state index contributed by atoms with van der Waals surface area (Å²) in [7, 11) is 0. The van der Waals surface area contributed by atoms with E-state index in [1.54, 1.807) is 6.92 Å². The summed E-state index contributed by atoms with van der Waals surface area (Å²) >= 11 is 1.21. The van der Waals surface area contributed by atoms with Crippen LogP contribution < -0.4 is 4.90 Å². The molecule has 1 saturated heterocycles. The predicted molar refractivity (Wildman–Crippen MR) is 75.2 cm³/mol.